The molecule has 1 aliphatic heterocycles. The molecule has 5 heteroatoms. The van der Waals surface area contributed by atoms with E-state index >= 15 is 0 Å². The van der Waals surface area contributed by atoms with E-state index in [9.17, 15) is 9.59 Å². The Morgan fingerprint density at radius 3 is 2.24 bits per heavy atom. The average Bonchev–Trinajstić information content (AvgIpc) is 3.30. The van der Waals surface area contributed by atoms with Crippen molar-refractivity contribution in [2.24, 2.45) is 0 Å². The van der Waals surface area contributed by atoms with E-state index in [1.54, 1.807) is 11.0 Å². The molecule has 0 aliphatic carbocycles. The lowest BCUT2D eigenvalue weighted by Crippen LogP contribution is -2.59. The number of amides is 2. The van der Waals surface area contributed by atoms with E-state index < -0.39 is 6.04 Å². The molecule has 0 N–H and O–H groups in total. The molecule has 0 radical (unpaired) electrons. The Bertz CT molecular complexity index is 1220. The first-order valence-electron chi connectivity index (χ1n) is 11.4. The summed E-state index contributed by atoms with van der Waals surface area (Å²) >= 11 is 0. The van der Waals surface area contributed by atoms with Crippen LogP contribution in [0, 0.1) is 0 Å². The average molecular weight is 439 g/mol. The highest BCUT2D eigenvalue weighted by molar-refractivity contribution is 5.99. The van der Waals surface area contributed by atoms with Gasteiger partial charge in [-0.1, -0.05) is 78.9 Å². The van der Waals surface area contributed by atoms with Crippen molar-refractivity contribution >= 4 is 22.8 Å². The monoisotopic (exact) mass is 438 g/mol. The Morgan fingerprint density at radius 2 is 1.52 bits per heavy atom. The fourth-order valence-corrected chi connectivity index (χ4v) is 4.48. The molecule has 5 rings (SSSR count). The molecule has 1 aromatic heterocycles. The number of carbonyl (C=O) groups excluding carboxylic acids is 2. The van der Waals surface area contributed by atoms with Gasteiger partial charge >= 0.3 is 0 Å². The summed E-state index contributed by atoms with van der Waals surface area (Å²) in [5.41, 5.74) is 2.90. The molecule has 3 aromatic carbocycles. The van der Waals surface area contributed by atoms with Crippen LogP contribution in [-0.2, 0) is 17.6 Å². The van der Waals surface area contributed by atoms with Gasteiger partial charge in [-0.15, -0.1) is 0 Å². The predicted molar refractivity (Wildman–Crippen MR) is 128 cm³/mol. The van der Waals surface area contributed by atoms with Crippen molar-refractivity contribution in [3.05, 3.63) is 108 Å². The number of hydrogen-bond acceptors (Lipinski definition) is 3. The third-order valence-electron chi connectivity index (χ3n) is 6.27. The lowest BCUT2D eigenvalue weighted by molar-refractivity contribution is -0.140. The summed E-state index contributed by atoms with van der Waals surface area (Å²) in [6.45, 7) is 1.64. The van der Waals surface area contributed by atoms with Crippen molar-refractivity contribution in [2.75, 3.05) is 19.6 Å². The molecule has 0 bridgehead atoms. The van der Waals surface area contributed by atoms with Gasteiger partial charge in [0.25, 0.3) is 5.91 Å². The first-order chi connectivity index (χ1) is 16.2. The number of nitrogens with zero attached hydrogens (tertiary/aromatic N) is 2. The zero-order valence-electron chi connectivity index (χ0n) is 18.4. The number of hydrogen-bond donors (Lipinski definition) is 0. The van der Waals surface area contributed by atoms with E-state index in [0.717, 1.165) is 17.4 Å². The van der Waals surface area contributed by atoms with Crippen LogP contribution in [-0.4, -0.2) is 47.3 Å². The Labute approximate surface area is 193 Å². The molecule has 166 valence electrons. The summed E-state index contributed by atoms with van der Waals surface area (Å²) in [7, 11) is 0. The molecule has 5 nitrogen and oxygen atoms in total. The van der Waals surface area contributed by atoms with Gasteiger partial charge in [0, 0.05) is 31.4 Å². The van der Waals surface area contributed by atoms with Crippen LogP contribution in [0.2, 0.25) is 0 Å². The second-order valence-electron chi connectivity index (χ2n) is 8.41. The van der Waals surface area contributed by atoms with Gasteiger partial charge in [0.05, 0.1) is 0 Å². The second kappa shape index (κ2) is 9.33. The maximum atomic E-state index is 13.6. The number of piperazine rings is 1. The van der Waals surface area contributed by atoms with Gasteiger partial charge in [0.15, 0.2) is 5.76 Å². The molecule has 1 fully saturated rings. The van der Waals surface area contributed by atoms with Crippen molar-refractivity contribution in [2.45, 2.75) is 18.9 Å². The zero-order valence-corrected chi connectivity index (χ0v) is 18.4. The number of carbonyl (C=O) groups is 2. The highest BCUT2D eigenvalue weighted by Crippen LogP contribution is 2.24. The molecule has 0 saturated carbocycles. The van der Waals surface area contributed by atoms with Crippen LogP contribution >= 0.6 is 0 Å². The maximum Gasteiger partial charge on any atom is 0.290 e. The number of rotatable bonds is 6. The van der Waals surface area contributed by atoms with E-state index in [1.807, 2.05) is 77.7 Å². The van der Waals surface area contributed by atoms with Crippen molar-refractivity contribution in [3.63, 3.8) is 0 Å². The molecule has 33 heavy (non-hydrogen) atoms. The van der Waals surface area contributed by atoms with Gasteiger partial charge in [-0.25, -0.2) is 0 Å². The van der Waals surface area contributed by atoms with Gasteiger partial charge in [-0.2, -0.15) is 0 Å². The summed E-state index contributed by atoms with van der Waals surface area (Å²) in [5.74, 6) is 0.0356. The molecule has 0 spiro atoms. The van der Waals surface area contributed by atoms with E-state index in [0.29, 0.717) is 31.6 Å². The quantitative estimate of drug-likeness (QED) is 0.443. The lowest BCUT2D eigenvalue weighted by atomic mass is 10.00. The molecule has 2 amide bonds. The lowest BCUT2D eigenvalue weighted by Gasteiger charge is -2.40. The largest absolute Gasteiger partial charge is 0.451 e. The zero-order chi connectivity index (χ0) is 22.6. The number of furan rings is 1. The third-order valence-corrected chi connectivity index (χ3v) is 6.27. The molecule has 1 saturated heterocycles. The Hall–Kier alpha value is -3.86. The highest BCUT2D eigenvalue weighted by atomic mass is 16.3. The van der Waals surface area contributed by atoms with Crippen LogP contribution in [0.1, 0.15) is 21.7 Å². The van der Waals surface area contributed by atoms with Crippen LogP contribution in [0.4, 0.5) is 0 Å². The van der Waals surface area contributed by atoms with Gasteiger partial charge < -0.3 is 14.2 Å². The van der Waals surface area contributed by atoms with E-state index in [-0.39, 0.29) is 17.6 Å². The summed E-state index contributed by atoms with van der Waals surface area (Å²) in [5, 5.41) is 0.883. The fraction of sp³-hybridized carbons (Fsp3) is 0.214. The Morgan fingerprint density at radius 1 is 0.848 bits per heavy atom. The van der Waals surface area contributed by atoms with Gasteiger partial charge in [0.1, 0.15) is 11.6 Å². The summed E-state index contributed by atoms with van der Waals surface area (Å²) < 4.78 is 5.83. The third kappa shape index (κ3) is 4.53. The number of fused-ring (bicyclic) bond motifs is 1. The van der Waals surface area contributed by atoms with E-state index in [4.69, 9.17) is 4.42 Å². The van der Waals surface area contributed by atoms with Crippen molar-refractivity contribution < 1.29 is 14.0 Å². The van der Waals surface area contributed by atoms with Crippen LogP contribution in [0.15, 0.2) is 95.4 Å². The SMILES string of the molecule is O=C1[C@H](Cc2ccccc2)N(C(=O)c2cc3ccccc3o2)CCN1CCc1ccccc1. The number of benzene rings is 3. The molecule has 1 aliphatic rings. The van der Waals surface area contributed by atoms with Crippen molar-refractivity contribution in [1.82, 2.24) is 9.80 Å². The molecule has 4 aromatic rings. The molecular weight excluding hydrogens is 412 g/mol. The van der Waals surface area contributed by atoms with E-state index in [2.05, 4.69) is 12.1 Å². The van der Waals surface area contributed by atoms with Crippen LogP contribution < -0.4 is 0 Å². The topological polar surface area (TPSA) is 53.8 Å². The first kappa shape index (κ1) is 21.0. The summed E-state index contributed by atoms with van der Waals surface area (Å²) in [4.78, 5) is 30.6. The Balaban J connectivity index is 1.39. The second-order valence-corrected chi connectivity index (χ2v) is 8.41. The summed E-state index contributed by atoms with van der Waals surface area (Å²) in [6.07, 6.45) is 1.27. The minimum absolute atomic E-state index is 0.00880. The molecule has 1 atom stereocenters. The number of para-hydroxylation sites is 1. The normalized spacial score (nSPS) is 16.4. The maximum absolute atomic E-state index is 13.6. The molecular formula is C28H26N2O3. The smallest absolute Gasteiger partial charge is 0.290 e. The van der Waals surface area contributed by atoms with E-state index in [1.165, 1.54) is 5.56 Å². The first-order valence-corrected chi connectivity index (χ1v) is 11.4. The van der Waals surface area contributed by atoms with Gasteiger partial charge in [-0.05, 0) is 29.7 Å². The predicted octanol–water partition coefficient (Wildman–Crippen LogP) is 4.57. The minimum Gasteiger partial charge on any atom is -0.451 e. The van der Waals surface area contributed by atoms with Crippen molar-refractivity contribution in [3.8, 4) is 0 Å². The summed E-state index contributed by atoms with van der Waals surface area (Å²) in [6, 6.07) is 28.8. The minimum atomic E-state index is -0.558. The Kier molecular flexibility index (Phi) is 5.94. The van der Waals surface area contributed by atoms with Gasteiger partial charge in [0.2, 0.25) is 5.91 Å². The van der Waals surface area contributed by atoms with Crippen molar-refractivity contribution in [1.29, 1.82) is 0 Å². The standard InChI is InChI=1S/C28H26N2O3/c31-27-24(19-22-11-5-2-6-12-22)30(18-17-29(27)16-15-21-9-3-1-4-10-21)28(32)26-20-23-13-7-8-14-25(23)33-26/h1-14,20,24H,15-19H2/t24-/m0/s1. The molecule has 2 heterocycles. The van der Waals surface area contributed by atoms with Crippen LogP contribution in [0.25, 0.3) is 11.0 Å². The fourth-order valence-electron chi connectivity index (χ4n) is 4.48. The van der Waals surface area contributed by atoms with Gasteiger partial charge in [-0.3, -0.25) is 9.59 Å². The molecule has 0 unspecified atom stereocenters. The van der Waals surface area contributed by atoms with Crippen LogP contribution in [0.3, 0.4) is 0 Å². The van der Waals surface area contributed by atoms with Crippen LogP contribution in [0.5, 0.6) is 0 Å². The highest BCUT2D eigenvalue weighted by Gasteiger charge is 2.38.